The fourth-order valence-electron chi connectivity index (χ4n) is 3.92. The van der Waals surface area contributed by atoms with Crippen molar-refractivity contribution in [3.05, 3.63) is 22.8 Å². The first kappa shape index (κ1) is 18.0. The van der Waals surface area contributed by atoms with Crippen molar-refractivity contribution in [3.8, 4) is 11.8 Å². The lowest BCUT2D eigenvalue weighted by Gasteiger charge is -2.45. The normalized spacial score (nSPS) is 28.8. The summed E-state index contributed by atoms with van der Waals surface area (Å²) in [4.78, 5) is 12.7. The molecule has 0 radical (unpaired) electrons. The zero-order valence-electron chi connectivity index (χ0n) is 14.7. The Labute approximate surface area is 139 Å². The molecule has 0 heterocycles. The number of allylic oxidation sites excluding steroid dienone is 2. The lowest BCUT2D eigenvalue weighted by Crippen LogP contribution is -2.50. The minimum absolute atomic E-state index is 0.0665. The zero-order valence-corrected chi connectivity index (χ0v) is 14.7. The van der Waals surface area contributed by atoms with Gasteiger partial charge in [0.15, 0.2) is 11.4 Å². The van der Waals surface area contributed by atoms with Gasteiger partial charge < -0.3 is 10.2 Å². The molecule has 0 amide bonds. The van der Waals surface area contributed by atoms with Crippen molar-refractivity contribution in [2.45, 2.75) is 65.4 Å². The molecule has 126 valence electrons. The molecule has 3 heteroatoms. The van der Waals surface area contributed by atoms with Crippen LogP contribution in [0.2, 0.25) is 0 Å². The van der Waals surface area contributed by atoms with E-state index in [1.807, 2.05) is 27.7 Å². The molecule has 0 saturated heterocycles. The van der Waals surface area contributed by atoms with Crippen LogP contribution in [0.5, 0.6) is 0 Å². The van der Waals surface area contributed by atoms with Crippen LogP contribution in [-0.2, 0) is 4.79 Å². The van der Waals surface area contributed by atoms with Crippen molar-refractivity contribution in [1.82, 2.24) is 0 Å². The first-order valence-electron chi connectivity index (χ1n) is 8.50. The van der Waals surface area contributed by atoms with Gasteiger partial charge in [0.05, 0.1) is 6.61 Å². The molecule has 3 nitrogen and oxygen atoms in total. The summed E-state index contributed by atoms with van der Waals surface area (Å²) in [6.07, 6.45) is 6.32. The maximum absolute atomic E-state index is 12.7. The smallest absolute Gasteiger partial charge is 0.159 e. The molecule has 0 aromatic heterocycles. The third-order valence-electron chi connectivity index (χ3n) is 5.43. The molecule has 2 rings (SSSR count). The number of hydrogen-bond donors (Lipinski definition) is 2. The molecule has 2 aliphatic carbocycles. The topological polar surface area (TPSA) is 57.5 Å². The Morgan fingerprint density at radius 2 is 1.96 bits per heavy atom. The molecule has 0 aliphatic heterocycles. The molecular formula is C20H28O3. The minimum atomic E-state index is -1.30. The van der Waals surface area contributed by atoms with Gasteiger partial charge in [0.1, 0.15) is 0 Å². The molecule has 0 aromatic rings. The Balaban J connectivity index is 2.52. The van der Waals surface area contributed by atoms with Crippen LogP contribution in [0, 0.1) is 23.2 Å². The van der Waals surface area contributed by atoms with Crippen molar-refractivity contribution in [2.75, 3.05) is 6.61 Å². The quantitative estimate of drug-likeness (QED) is 0.769. The number of rotatable bonds is 2. The molecule has 1 saturated carbocycles. The highest BCUT2D eigenvalue weighted by Crippen LogP contribution is 2.48. The molecule has 2 aliphatic rings. The average Bonchev–Trinajstić information content (AvgIpc) is 2.97. The maximum Gasteiger partial charge on any atom is 0.159 e. The van der Waals surface area contributed by atoms with Crippen LogP contribution in [0.1, 0.15) is 59.8 Å². The molecule has 1 unspecified atom stereocenters. The molecule has 0 bridgehead atoms. The van der Waals surface area contributed by atoms with Gasteiger partial charge in [-0.3, -0.25) is 4.79 Å². The van der Waals surface area contributed by atoms with Crippen molar-refractivity contribution in [2.24, 2.45) is 11.3 Å². The fraction of sp³-hybridized carbons (Fsp3) is 0.650. The van der Waals surface area contributed by atoms with Crippen LogP contribution in [0.15, 0.2) is 22.8 Å². The van der Waals surface area contributed by atoms with Gasteiger partial charge in [0, 0.05) is 17.4 Å². The number of Topliss-reactive ketones (excluding diaryl/α,β-unsaturated/α-hetero) is 1. The van der Waals surface area contributed by atoms with Gasteiger partial charge in [0.2, 0.25) is 0 Å². The summed E-state index contributed by atoms with van der Waals surface area (Å²) >= 11 is 0. The second-order valence-electron chi connectivity index (χ2n) is 7.53. The second kappa shape index (κ2) is 6.63. The monoisotopic (exact) mass is 316 g/mol. The lowest BCUT2D eigenvalue weighted by molar-refractivity contribution is -0.123. The first-order valence-corrected chi connectivity index (χ1v) is 8.50. The summed E-state index contributed by atoms with van der Waals surface area (Å²) < 4.78 is 0. The van der Waals surface area contributed by atoms with Gasteiger partial charge >= 0.3 is 0 Å². The largest absolute Gasteiger partial charge is 0.392 e. The van der Waals surface area contributed by atoms with Crippen LogP contribution in [0.3, 0.4) is 0 Å². The highest BCUT2D eigenvalue weighted by Gasteiger charge is 2.51. The Bertz CT molecular complexity index is 607. The van der Waals surface area contributed by atoms with E-state index in [9.17, 15) is 9.90 Å². The second-order valence-corrected chi connectivity index (χ2v) is 7.53. The molecule has 0 aromatic carbocycles. The third kappa shape index (κ3) is 3.29. The summed E-state index contributed by atoms with van der Waals surface area (Å²) in [5.74, 6) is 6.43. The van der Waals surface area contributed by atoms with Crippen LogP contribution in [0.4, 0.5) is 0 Å². The van der Waals surface area contributed by atoms with Crippen molar-refractivity contribution < 1.29 is 15.0 Å². The standard InChI is InChI=1S/C20H28O3/c1-14(10-12-21)9-11-20(23)15(2)18(16-7-5-6-8-16)17(22)13-19(20,3)4/h10,16,21,23H,5-8,12-13H2,1-4H3. The highest BCUT2D eigenvalue weighted by atomic mass is 16.3. The summed E-state index contributed by atoms with van der Waals surface area (Å²) in [6.45, 7) is 7.42. The van der Waals surface area contributed by atoms with E-state index >= 15 is 0 Å². The number of ketones is 1. The maximum atomic E-state index is 12.7. The van der Waals surface area contributed by atoms with E-state index < -0.39 is 11.0 Å². The third-order valence-corrected chi connectivity index (χ3v) is 5.43. The summed E-state index contributed by atoms with van der Waals surface area (Å²) in [7, 11) is 0. The van der Waals surface area contributed by atoms with E-state index in [2.05, 4.69) is 11.8 Å². The van der Waals surface area contributed by atoms with Crippen LogP contribution in [-0.4, -0.2) is 28.2 Å². The number of carbonyl (C=O) groups is 1. The fourth-order valence-corrected chi connectivity index (χ4v) is 3.92. The molecule has 1 atom stereocenters. The van der Waals surface area contributed by atoms with Crippen LogP contribution >= 0.6 is 0 Å². The lowest BCUT2D eigenvalue weighted by atomic mass is 9.61. The summed E-state index contributed by atoms with van der Waals surface area (Å²) in [6, 6.07) is 0. The van der Waals surface area contributed by atoms with E-state index in [1.165, 1.54) is 0 Å². The molecule has 0 spiro atoms. The Morgan fingerprint density at radius 1 is 1.35 bits per heavy atom. The number of carbonyl (C=O) groups excluding carboxylic acids is 1. The minimum Gasteiger partial charge on any atom is -0.392 e. The van der Waals surface area contributed by atoms with Gasteiger partial charge in [-0.2, -0.15) is 0 Å². The first-order chi connectivity index (χ1) is 10.7. The Kier molecular flexibility index (Phi) is 5.18. The number of aliphatic hydroxyl groups excluding tert-OH is 1. The highest BCUT2D eigenvalue weighted by molar-refractivity contribution is 5.99. The summed E-state index contributed by atoms with van der Waals surface area (Å²) in [5, 5.41) is 20.3. The predicted molar refractivity (Wildman–Crippen MR) is 91.6 cm³/mol. The SMILES string of the molecule is CC(C#CC1(O)C(C)=C(C2CCCC2)C(=O)CC1(C)C)=CCO. The van der Waals surface area contributed by atoms with Gasteiger partial charge in [-0.15, -0.1) is 0 Å². The van der Waals surface area contributed by atoms with Crippen LogP contribution in [0.25, 0.3) is 0 Å². The van der Waals surface area contributed by atoms with E-state index in [-0.39, 0.29) is 18.3 Å². The Hall–Kier alpha value is -1.37. The van der Waals surface area contributed by atoms with Gasteiger partial charge in [-0.05, 0) is 49.8 Å². The van der Waals surface area contributed by atoms with Crippen LogP contribution < -0.4 is 0 Å². The molecule has 23 heavy (non-hydrogen) atoms. The predicted octanol–water partition coefficient (Wildman–Crippen LogP) is 3.17. The van der Waals surface area contributed by atoms with Gasteiger partial charge in [0.25, 0.3) is 0 Å². The van der Waals surface area contributed by atoms with E-state index in [4.69, 9.17) is 5.11 Å². The zero-order chi connectivity index (χ0) is 17.3. The molecular weight excluding hydrogens is 288 g/mol. The van der Waals surface area contributed by atoms with E-state index in [1.54, 1.807) is 6.08 Å². The van der Waals surface area contributed by atoms with Crippen molar-refractivity contribution in [1.29, 1.82) is 0 Å². The van der Waals surface area contributed by atoms with E-state index in [0.717, 1.165) is 42.4 Å². The number of hydrogen-bond acceptors (Lipinski definition) is 3. The Morgan fingerprint density at radius 3 is 2.52 bits per heavy atom. The summed E-state index contributed by atoms with van der Waals surface area (Å²) in [5.41, 5.74) is 0.354. The molecule has 2 N–H and O–H groups in total. The van der Waals surface area contributed by atoms with Gasteiger partial charge in [-0.1, -0.05) is 38.5 Å². The van der Waals surface area contributed by atoms with Crippen molar-refractivity contribution >= 4 is 5.78 Å². The number of aliphatic hydroxyl groups is 2. The van der Waals surface area contributed by atoms with E-state index in [0.29, 0.717) is 6.42 Å². The van der Waals surface area contributed by atoms with Crippen molar-refractivity contribution in [3.63, 3.8) is 0 Å². The molecule has 1 fully saturated rings. The average molecular weight is 316 g/mol. The van der Waals surface area contributed by atoms with Gasteiger partial charge in [-0.25, -0.2) is 0 Å².